The van der Waals surface area contributed by atoms with Gasteiger partial charge in [0.05, 0.1) is 6.20 Å². The normalized spacial score (nSPS) is 13.8. The van der Waals surface area contributed by atoms with E-state index in [0.29, 0.717) is 23.4 Å². The lowest BCUT2D eigenvalue weighted by atomic mass is 9.99. The van der Waals surface area contributed by atoms with Gasteiger partial charge >= 0.3 is 0 Å². The second-order valence-corrected chi connectivity index (χ2v) is 11.4. The van der Waals surface area contributed by atoms with Gasteiger partial charge in [0.1, 0.15) is 11.6 Å². The van der Waals surface area contributed by atoms with Crippen LogP contribution in [0.5, 0.6) is 0 Å². The van der Waals surface area contributed by atoms with Gasteiger partial charge in [0.15, 0.2) is 5.82 Å². The van der Waals surface area contributed by atoms with E-state index in [1.165, 1.54) is 11.1 Å². The molecule has 1 aromatic carbocycles. The summed E-state index contributed by atoms with van der Waals surface area (Å²) in [5.41, 5.74) is 5.22. The van der Waals surface area contributed by atoms with Gasteiger partial charge in [-0.1, -0.05) is 12.1 Å². The lowest BCUT2D eigenvalue weighted by Gasteiger charge is -2.25. The summed E-state index contributed by atoms with van der Waals surface area (Å²) >= 11 is 0. The van der Waals surface area contributed by atoms with Gasteiger partial charge in [0.2, 0.25) is 5.95 Å². The van der Waals surface area contributed by atoms with Crippen molar-refractivity contribution in [2.75, 3.05) is 36.7 Å². The fourth-order valence-electron chi connectivity index (χ4n) is 3.94. The van der Waals surface area contributed by atoms with Gasteiger partial charge in [0.25, 0.3) is 0 Å². The molecule has 0 spiro atoms. The molecule has 0 amide bonds. The van der Waals surface area contributed by atoms with Crippen LogP contribution in [-0.2, 0) is 22.7 Å². The molecule has 4 heterocycles. The monoisotopic (exact) mass is 489 g/mol. The smallest absolute Gasteiger partial charge is 0.229 e. The Kier molecular flexibility index (Phi) is 6.18. The summed E-state index contributed by atoms with van der Waals surface area (Å²) in [6, 6.07) is 11.7. The Morgan fingerprint density at radius 2 is 1.97 bits per heavy atom. The first-order valence-electron chi connectivity index (χ1n) is 11.2. The molecule has 0 aliphatic carbocycles. The minimum Gasteiger partial charge on any atom is -0.324 e. The van der Waals surface area contributed by atoms with Crippen LogP contribution in [-0.4, -0.2) is 60.4 Å². The third kappa shape index (κ3) is 5.64. The largest absolute Gasteiger partial charge is 0.324 e. The van der Waals surface area contributed by atoms with Crippen molar-refractivity contribution in [2.24, 2.45) is 4.36 Å². The van der Waals surface area contributed by atoms with Gasteiger partial charge in [-0.25, -0.2) is 14.2 Å². The quantitative estimate of drug-likeness (QED) is 0.370. The van der Waals surface area contributed by atoms with Gasteiger partial charge in [-0.3, -0.25) is 5.10 Å². The summed E-state index contributed by atoms with van der Waals surface area (Å²) in [4.78, 5) is 16.1. The van der Waals surface area contributed by atoms with Gasteiger partial charge in [-0.2, -0.15) is 14.4 Å². The zero-order valence-corrected chi connectivity index (χ0v) is 20.6. The highest BCUT2D eigenvalue weighted by Gasteiger charge is 2.15. The molecular formula is C24H27N9OS. The molecule has 35 heavy (non-hydrogen) atoms. The molecule has 0 unspecified atom stereocenters. The molecule has 0 fully saturated rings. The zero-order valence-electron chi connectivity index (χ0n) is 19.8. The summed E-state index contributed by atoms with van der Waals surface area (Å²) in [7, 11) is -0.195. The van der Waals surface area contributed by atoms with E-state index in [1.54, 1.807) is 49.3 Å². The average Bonchev–Trinajstić information content (AvgIpc) is 3.33. The number of benzene rings is 1. The van der Waals surface area contributed by atoms with Gasteiger partial charge in [-0.05, 0) is 48.9 Å². The van der Waals surface area contributed by atoms with Crippen molar-refractivity contribution < 1.29 is 4.21 Å². The molecule has 11 heteroatoms. The van der Waals surface area contributed by atoms with Crippen molar-refractivity contribution in [1.29, 1.82) is 0 Å². The minimum atomic E-state index is -2.33. The number of rotatable bonds is 6. The van der Waals surface area contributed by atoms with Crippen molar-refractivity contribution >= 4 is 38.8 Å². The van der Waals surface area contributed by atoms with E-state index >= 15 is 0 Å². The number of fused-ring (bicyclic) bond motifs is 1. The van der Waals surface area contributed by atoms with Crippen LogP contribution in [0, 0.1) is 0 Å². The number of pyridine rings is 1. The van der Waals surface area contributed by atoms with Crippen molar-refractivity contribution in [3.63, 3.8) is 0 Å². The highest BCUT2D eigenvalue weighted by Crippen LogP contribution is 2.30. The predicted molar refractivity (Wildman–Crippen MR) is 139 cm³/mol. The topological polar surface area (TPSA) is 124 Å². The molecule has 5 rings (SSSR count). The zero-order chi connectivity index (χ0) is 24.4. The number of aromatic amines is 1. The Labute approximate surface area is 204 Å². The second-order valence-electron chi connectivity index (χ2n) is 8.82. The van der Waals surface area contributed by atoms with Crippen molar-refractivity contribution in [3.05, 3.63) is 66.1 Å². The fraction of sp³-hybridized carbons (Fsp3) is 0.250. The fourth-order valence-corrected chi connectivity index (χ4v) is 4.49. The molecule has 3 aromatic heterocycles. The van der Waals surface area contributed by atoms with Crippen molar-refractivity contribution in [2.45, 2.75) is 13.0 Å². The standard InChI is InChI=1S/C24H27N9OS/c1-33-10-9-16-7-8-19(11-17(16)15-33)28-24-25-14-20(18-12-26-27-13-18)23(31-24)30-21-5-4-6-22(29-21)32-35(2,3)34/h4-8,11-14H,9-10,15H2,1-3H3,(H,26,27)(H2,25,28,29,30,31). The van der Waals surface area contributed by atoms with Crippen LogP contribution in [0.4, 0.5) is 29.1 Å². The first kappa shape index (κ1) is 22.9. The number of H-pyrrole nitrogens is 1. The van der Waals surface area contributed by atoms with Gasteiger partial charge < -0.3 is 15.5 Å². The molecule has 1 aliphatic rings. The van der Waals surface area contributed by atoms with Crippen LogP contribution in [0.15, 0.2) is 59.4 Å². The highest BCUT2D eigenvalue weighted by atomic mass is 32.2. The molecule has 0 atom stereocenters. The Morgan fingerprint density at radius 3 is 2.77 bits per heavy atom. The van der Waals surface area contributed by atoms with Crippen molar-refractivity contribution in [3.8, 4) is 11.1 Å². The van der Waals surface area contributed by atoms with E-state index < -0.39 is 9.73 Å². The number of aromatic nitrogens is 5. The van der Waals surface area contributed by atoms with E-state index in [0.717, 1.165) is 36.3 Å². The average molecular weight is 490 g/mol. The molecule has 4 aromatic rings. The molecular weight excluding hydrogens is 462 g/mol. The molecule has 180 valence electrons. The summed E-state index contributed by atoms with van der Waals surface area (Å²) in [5, 5.41) is 13.5. The maximum atomic E-state index is 12.1. The minimum absolute atomic E-state index is 0.390. The number of nitrogens with one attached hydrogen (secondary N) is 3. The molecule has 0 radical (unpaired) electrons. The Balaban J connectivity index is 1.47. The van der Waals surface area contributed by atoms with Gasteiger partial charge in [0, 0.05) is 64.5 Å². The second kappa shape index (κ2) is 9.43. The molecule has 0 bridgehead atoms. The molecule has 10 nitrogen and oxygen atoms in total. The molecule has 1 aliphatic heterocycles. The van der Waals surface area contributed by atoms with E-state index in [9.17, 15) is 4.21 Å². The van der Waals surface area contributed by atoms with Crippen LogP contribution in [0.2, 0.25) is 0 Å². The summed E-state index contributed by atoms with van der Waals surface area (Å²) in [6.45, 7) is 2.00. The summed E-state index contributed by atoms with van der Waals surface area (Å²) < 4.78 is 16.3. The summed E-state index contributed by atoms with van der Waals surface area (Å²) in [6.07, 6.45) is 9.44. The van der Waals surface area contributed by atoms with Crippen LogP contribution < -0.4 is 10.6 Å². The maximum absolute atomic E-state index is 12.1. The third-order valence-electron chi connectivity index (χ3n) is 5.56. The van der Waals surface area contributed by atoms with Crippen LogP contribution in [0.1, 0.15) is 11.1 Å². The lowest BCUT2D eigenvalue weighted by Crippen LogP contribution is -2.26. The van der Waals surface area contributed by atoms with E-state index in [1.807, 2.05) is 0 Å². The summed E-state index contributed by atoms with van der Waals surface area (Å²) in [5.74, 6) is 1.93. The first-order chi connectivity index (χ1) is 16.8. The third-order valence-corrected chi connectivity index (χ3v) is 6.18. The number of likely N-dealkylation sites (N-methyl/N-ethyl adjacent to an activating group) is 1. The SMILES string of the molecule is CN1CCc2ccc(Nc3ncc(-c4cn[nH]c4)c(Nc4cccc(N=S(C)(C)=O)n4)n3)cc2C1. The maximum Gasteiger partial charge on any atom is 0.229 e. The highest BCUT2D eigenvalue weighted by molar-refractivity contribution is 7.92. The number of hydrogen-bond acceptors (Lipinski definition) is 9. The van der Waals surface area contributed by atoms with Gasteiger partial charge in [-0.15, -0.1) is 0 Å². The number of hydrogen-bond donors (Lipinski definition) is 3. The number of nitrogens with zero attached hydrogens (tertiary/aromatic N) is 6. The molecule has 3 N–H and O–H groups in total. The Bertz CT molecular complexity index is 1470. The predicted octanol–water partition coefficient (Wildman–Crippen LogP) is 4.10. The van der Waals surface area contributed by atoms with E-state index in [4.69, 9.17) is 4.98 Å². The van der Waals surface area contributed by atoms with Crippen molar-refractivity contribution in [1.82, 2.24) is 30.0 Å². The van der Waals surface area contributed by atoms with E-state index in [2.05, 4.69) is 65.3 Å². The lowest BCUT2D eigenvalue weighted by molar-refractivity contribution is 0.313. The number of anilines is 4. The Morgan fingerprint density at radius 1 is 1.09 bits per heavy atom. The first-order valence-corrected chi connectivity index (χ1v) is 13.5. The van der Waals surface area contributed by atoms with Crippen LogP contribution in [0.25, 0.3) is 11.1 Å². The molecule has 0 saturated heterocycles. The Hall–Kier alpha value is -3.83. The molecule has 0 saturated carbocycles. The van der Waals surface area contributed by atoms with Crippen LogP contribution >= 0.6 is 0 Å². The van der Waals surface area contributed by atoms with Crippen LogP contribution in [0.3, 0.4) is 0 Å². The van der Waals surface area contributed by atoms with E-state index in [-0.39, 0.29) is 0 Å².